The lowest BCUT2D eigenvalue weighted by atomic mass is 10.2. The molecule has 3 rings (SSSR count). The molecular formula is C13H14N4OS2. The SMILES string of the molecule is Cc1nsc2ncn(Cc3cnc(C(C)C)s3)c(=O)c12. The van der Waals surface area contributed by atoms with Crippen LogP contribution in [0.2, 0.25) is 0 Å². The Morgan fingerprint density at radius 3 is 2.85 bits per heavy atom. The monoisotopic (exact) mass is 306 g/mol. The van der Waals surface area contributed by atoms with Crippen molar-refractivity contribution in [3.63, 3.8) is 0 Å². The quantitative estimate of drug-likeness (QED) is 0.746. The van der Waals surface area contributed by atoms with Crippen molar-refractivity contribution < 1.29 is 0 Å². The van der Waals surface area contributed by atoms with Gasteiger partial charge in [0.05, 0.1) is 29.0 Å². The van der Waals surface area contributed by atoms with Gasteiger partial charge < -0.3 is 0 Å². The molecule has 0 saturated heterocycles. The van der Waals surface area contributed by atoms with Gasteiger partial charge in [-0.2, -0.15) is 4.37 Å². The second-order valence-corrected chi connectivity index (χ2v) is 6.84. The summed E-state index contributed by atoms with van der Waals surface area (Å²) in [6, 6.07) is 0. The number of thiazole rings is 1. The van der Waals surface area contributed by atoms with Gasteiger partial charge in [0.15, 0.2) is 4.83 Å². The highest BCUT2D eigenvalue weighted by molar-refractivity contribution is 7.13. The van der Waals surface area contributed by atoms with E-state index in [0.717, 1.165) is 15.6 Å². The van der Waals surface area contributed by atoms with E-state index in [-0.39, 0.29) is 5.56 Å². The first-order valence-corrected chi connectivity index (χ1v) is 7.91. The molecule has 0 aromatic carbocycles. The van der Waals surface area contributed by atoms with Gasteiger partial charge in [-0.3, -0.25) is 9.36 Å². The highest BCUT2D eigenvalue weighted by Crippen LogP contribution is 2.22. The van der Waals surface area contributed by atoms with Crippen LogP contribution in [0.25, 0.3) is 10.2 Å². The maximum Gasteiger partial charge on any atom is 0.264 e. The molecule has 0 atom stereocenters. The number of hydrogen-bond donors (Lipinski definition) is 0. The molecule has 20 heavy (non-hydrogen) atoms. The first kappa shape index (κ1) is 13.4. The molecule has 3 aromatic rings. The molecule has 0 unspecified atom stereocenters. The van der Waals surface area contributed by atoms with Crippen molar-refractivity contribution in [2.24, 2.45) is 0 Å². The Kier molecular flexibility index (Phi) is 3.39. The third-order valence-corrected chi connectivity index (χ3v) is 5.16. The summed E-state index contributed by atoms with van der Waals surface area (Å²) >= 11 is 2.91. The zero-order valence-corrected chi connectivity index (χ0v) is 13.1. The van der Waals surface area contributed by atoms with Gasteiger partial charge >= 0.3 is 0 Å². The number of aryl methyl sites for hydroxylation is 1. The van der Waals surface area contributed by atoms with E-state index in [1.54, 1.807) is 22.2 Å². The summed E-state index contributed by atoms with van der Waals surface area (Å²) in [5, 5.41) is 1.72. The Hall–Kier alpha value is -1.60. The summed E-state index contributed by atoms with van der Waals surface area (Å²) in [5.74, 6) is 0.411. The van der Waals surface area contributed by atoms with Gasteiger partial charge in [-0.1, -0.05) is 13.8 Å². The minimum absolute atomic E-state index is 0.0271. The number of aromatic nitrogens is 4. The first-order chi connectivity index (χ1) is 9.56. The zero-order chi connectivity index (χ0) is 14.3. The first-order valence-electron chi connectivity index (χ1n) is 6.32. The zero-order valence-electron chi connectivity index (χ0n) is 11.5. The maximum atomic E-state index is 12.4. The van der Waals surface area contributed by atoms with Crippen LogP contribution < -0.4 is 5.56 Å². The van der Waals surface area contributed by atoms with Crippen LogP contribution in [0.15, 0.2) is 17.3 Å². The fourth-order valence-corrected chi connectivity index (χ4v) is 3.61. The van der Waals surface area contributed by atoms with Gasteiger partial charge in [-0.05, 0) is 18.5 Å². The molecule has 0 amide bonds. The van der Waals surface area contributed by atoms with Gasteiger partial charge in [0.25, 0.3) is 5.56 Å². The minimum Gasteiger partial charge on any atom is -0.293 e. The Morgan fingerprint density at radius 2 is 2.15 bits per heavy atom. The second-order valence-electron chi connectivity index (χ2n) is 4.95. The molecule has 0 aliphatic heterocycles. The maximum absolute atomic E-state index is 12.4. The van der Waals surface area contributed by atoms with Crippen molar-refractivity contribution in [2.75, 3.05) is 0 Å². The van der Waals surface area contributed by atoms with Crippen molar-refractivity contribution in [2.45, 2.75) is 33.2 Å². The van der Waals surface area contributed by atoms with Crippen LogP contribution in [0, 0.1) is 6.92 Å². The van der Waals surface area contributed by atoms with E-state index < -0.39 is 0 Å². The van der Waals surface area contributed by atoms with Gasteiger partial charge in [-0.25, -0.2) is 9.97 Å². The number of hydrogen-bond acceptors (Lipinski definition) is 6. The van der Waals surface area contributed by atoms with Gasteiger partial charge in [0.2, 0.25) is 0 Å². The van der Waals surface area contributed by atoms with Crippen LogP contribution >= 0.6 is 22.9 Å². The molecule has 0 aliphatic carbocycles. The summed E-state index contributed by atoms with van der Waals surface area (Å²) in [6.45, 7) is 6.59. The molecule has 7 heteroatoms. The lowest BCUT2D eigenvalue weighted by molar-refractivity contribution is 0.757. The molecule has 5 nitrogen and oxygen atoms in total. The molecule has 3 heterocycles. The summed E-state index contributed by atoms with van der Waals surface area (Å²) in [5.41, 5.74) is 0.727. The molecule has 0 saturated carbocycles. The molecule has 0 radical (unpaired) electrons. The summed E-state index contributed by atoms with van der Waals surface area (Å²) in [7, 11) is 0. The summed E-state index contributed by atoms with van der Waals surface area (Å²) in [6.07, 6.45) is 3.44. The summed E-state index contributed by atoms with van der Waals surface area (Å²) < 4.78 is 5.81. The topological polar surface area (TPSA) is 60.7 Å². The number of nitrogens with zero attached hydrogens (tertiary/aromatic N) is 4. The average molecular weight is 306 g/mol. The van der Waals surface area contributed by atoms with Crippen molar-refractivity contribution in [3.8, 4) is 0 Å². The highest BCUT2D eigenvalue weighted by Gasteiger charge is 2.12. The summed E-state index contributed by atoms with van der Waals surface area (Å²) in [4.78, 5) is 22.9. The van der Waals surface area contributed by atoms with Crippen LogP contribution in [-0.4, -0.2) is 18.9 Å². The molecular weight excluding hydrogens is 292 g/mol. The lowest BCUT2D eigenvalue weighted by Crippen LogP contribution is -2.20. The average Bonchev–Trinajstić information content (AvgIpc) is 3.00. The standard InChI is InChI=1S/C13H14N4OS2/c1-7(2)11-14-4-9(19-11)5-17-6-15-12-10(13(17)18)8(3)16-20-12/h4,6-7H,5H2,1-3H3. The smallest absolute Gasteiger partial charge is 0.264 e. The van der Waals surface area contributed by atoms with E-state index in [0.29, 0.717) is 22.7 Å². The Bertz CT molecular complexity index is 815. The molecule has 0 spiro atoms. The molecule has 0 bridgehead atoms. The van der Waals surface area contributed by atoms with Crippen LogP contribution in [0.3, 0.4) is 0 Å². The highest BCUT2D eigenvalue weighted by atomic mass is 32.1. The molecule has 104 valence electrons. The minimum atomic E-state index is -0.0271. The number of rotatable bonds is 3. The normalized spacial score (nSPS) is 11.6. The predicted octanol–water partition coefficient (Wildman–Crippen LogP) is 2.79. The van der Waals surface area contributed by atoms with Gasteiger partial charge in [0, 0.05) is 17.0 Å². The Morgan fingerprint density at radius 1 is 1.35 bits per heavy atom. The molecule has 0 fully saturated rings. The molecule has 0 aliphatic rings. The van der Waals surface area contributed by atoms with E-state index in [1.165, 1.54) is 11.5 Å². The van der Waals surface area contributed by atoms with Crippen molar-refractivity contribution in [1.29, 1.82) is 0 Å². The Balaban J connectivity index is 2.00. The third-order valence-electron chi connectivity index (χ3n) is 3.03. The van der Waals surface area contributed by atoms with Crippen LogP contribution in [0.1, 0.15) is 35.3 Å². The van der Waals surface area contributed by atoms with Crippen molar-refractivity contribution in [3.05, 3.63) is 38.5 Å². The van der Waals surface area contributed by atoms with Gasteiger partial charge in [0.1, 0.15) is 0 Å². The third kappa shape index (κ3) is 2.27. The van der Waals surface area contributed by atoms with E-state index in [9.17, 15) is 4.79 Å². The van der Waals surface area contributed by atoms with E-state index >= 15 is 0 Å². The second kappa shape index (κ2) is 5.06. The fraction of sp³-hybridized carbons (Fsp3) is 0.385. The predicted molar refractivity (Wildman–Crippen MR) is 81.7 cm³/mol. The fourth-order valence-electron chi connectivity index (χ4n) is 1.95. The van der Waals surface area contributed by atoms with Crippen LogP contribution in [0.4, 0.5) is 0 Å². The molecule has 3 aromatic heterocycles. The van der Waals surface area contributed by atoms with E-state index in [4.69, 9.17) is 0 Å². The van der Waals surface area contributed by atoms with Crippen molar-refractivity contribution >= 4 is 33.1 Å². The number of fused-ring (bicyclic) bond motifs is 1. The van der Waals surface area contributed by atoms with E-state index in [2.05, 4.69) is 28.2 Å². The van der Waals surface area contributed by atoms with E-state index in [1.807, 2.05) is 13.1 Å². The van der Waals surface area contributed by atoms with Crippen LogP contribution in [-0.2, 0) is 6.54 Å². The van der Waals surface area contributed by atoms with Gasteiger partial charge in [-0.15, -0.1) is 11.3 Å². The largest absolute Gasteiger partial charge is 0.293 e. The lowest BCUT2D eigenvalue weighted by Gasteiger charge is -2.02. The Labute approximate surface area is 124 Å². The van der Waals surface area contributed by atoms with Crippen molar-refractivity contribution in [1.82, 2.24) is 18.9 Å². The van der Waals surface area contributed by atoms with Crippen LogP contribution in [0.5, 0.6) is 0 Å². The molecule has 0 N–H and O–H groups in total.